The fourth-order valence-electron chi connectivity index (χ4n) is 2.45. The summed E-state index contributed by atoms with van der Waals surface area (Å²) in [7, 11) is 2.98. The number of carbonyl (C=O) groups is 1. The number of aromatic hydroxyl groups is 1. The van der Waals surface area contributed by atoms with Crippen molar-refractivity contribution in [2.45, 2.75) is 0 Å². The second kappa shape index (κ2) is 7.65. The molecule has 0 radical (unpaired) electrons. The van der Waals surface area contributed by atoms with Gasteiger partial charge in [-0.15, -0.1) is 0 Å². The molecule has 0 saturated heterocycles. The maximum Gasteiger partial charge on any atom is 0.360 e. The third-order valence-electron chi connectivity index (χ3n) is 3.83. The Morgan fingerprint density at radius 2 is 1.85 bits per heavy atom. The molecule has 1 aromatic heterocycles. The van der Waals surface area contributed by atoms with Crippen LogP contribution in [0.2, 0.25) is 0 Å². The highest BCUT2D eigenvalue weighted by Crippen LogP contribution is 2.31. The number of carbonyl (C=O) groups excluding carboxylic acids is 1. The van der Waals surface area contributed by atoms with Crippen LogP contribution in [0, 0.1) is 0 Å². The van der Waals surface area contributed by atoms with Gasteiger partial charge in [0.1, 0.15) is 17.0 Å². The van der Waals surface area contributed by atoms with Crippen LogP contribution in [0.5, 0.6) is 17.2 Å². The lowest BCUT2D eigenvalue weighted by Gasteiger charge is -2.06. The molecule has 3 rings (SSSR count). The van der Waals surface area contributed by atoms with E-state index >= 15 is 0 Å². The molecule has 0 aliphatic heterocycles. The SMILES string of the molecule is COc1ccc(/C=C/C(=O)Nc2cc3cc(OC)c(O)cc3oc2=O)cc1. The minimum atomic E-state index is -0.724. The average Bonchev–Trinajstić information content (AvgIpc) is 2.67. The second-order valence-corrected chi connectivity index (χ2v) is 5.61. The molecule has 27 heavy (non-hydrogen) atoms. The van der Waals surface area contributed by atoms with E-state index in [-0.39, 0.29) is 22.8 Å². The van der Waals surface area contributed by atoms with Crippen LogP contribution in [0.15, 0.2) is 57.8 Å². The molecule has 7 heteroatoms. The zero-order valence-electron chi connectivity index (χ0n) is 14.7. The molecule has 0 bridgehead atoms. The molecule has 2 N–H and O–H groups in total. The summed E-state index contributed by atoms with van der Waals surface area (Å²) in [5, 5.41) is 12.7. The lowest BCUT2D eigenvalue weighted by molar-refractivity contribution is -0.111. The minimum absolute atomic E-state index is 0.0142. The van der Waals surface area contributed by atoms with Gasteiger partial charge in [-0.05, 0) is 35.9 Å². The molecule has 1 amide bonds. The predicted octanol–water partition coefficient (Wildman–Crippen LogP) is 3.17. The van der Waals surface area contributed by atoms with Gasteiger partial charge >= 0.3 is 5.63 Å². The van der Waals surface area contributed by atoms with Gasteiger partial charge in [0.25, 0.3) is 0 Å². The topological polar surface area (TPSA) is 98.0 Å². The van der Waals surface area contributed by atoms with Crippen LogP contribution >= 0.6 is 0 Å². The van der Waals surface area contributed by atoms with Crippen LogP contribution in [-0.2, 0) is 4.79 Å². The van der Waals surface area contributed by atoms with Crippen LogP contribution < -0.4 is 20.4 Å². The number of anilines is 1. The van der Waals surface area contributed by atoms with Crippen molar-refractivity contribution in [3.05, 3.63) is 64.5 Å². The fraction of sp³-hybridized carbons (Fsp3) is 0.100. The van der Waals surface area contributed by atoms with E-state index in [2.05, 4.69) is 5.32 Å². The molecule has 0 atom stereocenters. The summed E-state index contributed by atoms with van der Waals surface area (Å²) in [6.07, 6.45) is 2.92. The van der Waals surface area contributed by atoms with Crippen LogP contribution in [0.25, 0.3) is 17.0 Å². The van der Waals surface area contributed by atoms with Crippen molar-refractivity contribution in [3.63, 3.8) is 0 Å². The molecular weight excluding hydrogens is 350 g/mol. The number of phenols is 1. The molecule has 0 fully saturated rings. The molecule has 0 saturated carbocycles. The normalized spacial score (nSPS) is 10.9. The molecule has 0 spiro atoms. The number of rotatable bonds is 5. The Labute approximate surface area is 154 Å². The number of amides is 1. The maximum absolute atomic E-state index is 12.1. The van der Waals surface area contributed by atoms with E-state index < -0.39 is 11.5 Å². The minimum Gasteiger partial charge on any atom is -0.504 e. The summed E-state index contributed by atoms with van der Waals surface area (Å²) < 4.78 is 15.2. The number of hydrogen-bond acceptors (Lipinski definition) is 6. The van der Waals surface area contributed by atoms with E-state index in [1.807, 2.05) is 0 Å². The first kappa shape index (κ1) is 18.1. The van der Waals surface area contributed by atoms with Gasteiger partial charge in [0.05, 0.1) is 14.2 Å². The number of ether oxygens (including phenoxy) is 2. The molecule has 0 unspecified atom stereocenters. The Bertz CT molecular complexity index is 1070. The molecule has 1 heterocycles. The molecule has 138 valence electrons. The van der Waals surface area contributed by atoms with Crippen molar-refractivity contribution >= 4 is 28.6 Å². The van der Waals surface area contributed by atoms with Gasteiger partial charge in [-0.25, -0.2) is 4.79 Å². The van der Waals surface area contributed by atoms with Crippen molar-refractivity contribution in [1.82, 2.24) is 0 Å². The van der Waals surface area contributed by atoms with Gasteiger partial charge in [0.15, 0.2) is 11.5 Å². The largest absolute Gasteiger partial charge is 0.504 e. The zero-order chi connectivity index (χ0) is 19.4. The smallest absolute Gasteiger partial charge is 0.360 e. The summed E-state index contributed by atoms with van der Waals surface area (Å²) >= 11 is 0. The van der Waals surface area contributed by atoms with Gasteiger partial charge in [0.2, 0.25) is 5.91 Å². The third kappa shape index (κ3) is 4.09. The molecule has 7 nitrogen and oxygen atoms in total. The maximum atomic E-state index is 12.1. The molecule has 0 aliphatic carbocycles. The fourth-order valence-corrected chi connectivity index (χ4v) is 2.45. The Morgan fingerprint density at radius 1 is 1.11 bits per heavy atom. The first-order valence-corrected chi connectivity index (χ1v) is 7.98. The Balaban J connectivity index is 1.81. The van der Waals surface area contributed by atoms with E-state index in [1.54, 1.807) is 37.5 Å². The van der Waals surface area contributed by atoms with Gasteiger partial charge in [-0.3, -0.25) is 4.79 Å². The lowest BCUT2D eigenvalue weighted by Crippen LogP contribution is -2.15. The van der Waals surface area contributed by atoms with E-state index in [4.69, 9.17) is 13.9 Å². The van der Waals surface area contributed by atoms with E-state index in [0.717, 1.165) is 5.56 Å². The van der Waals surface area contributed by atoms with Crippen LogP contribution in [0.1, 0.15) is 5.56 Å². The third-order valence-corrected chi connectivity index (χ3v) is 3.83. The Kier molecular flexibility index (Phi) is 5.12. The van der Waals surface area contributed by atoms with Crippen LogP contribution in [0.4, 0.5) is 5.69 Å². The van der Waals surface area contributed by atoms with Crippen molar-refractivity contribution in [1.29, 1.82) is 0 Å². The first-order chi connectivity index (χ1) is 13.0. The van der Waals surface area contributed by atoms with E-state index in [0.29, 0.717) is 11.1 Å². The monoisotopic (exact) mass is 367 g/mol. The second-order valence-electron chi connectivity index (χ2n) is 5.61. The molecule has 0 aliphatic rings. The standard InChI is InChI=1S/C20H17NO6/c1-25-14-6-3-12(4-7-14)5-8-19(23)21-15-9-13-10-18(26-2)16(22)11-17(13)27-20(15)24/h3-11,22H,1-2H3,(H,21,23)/b8-5+. The zero-order valence-corrected chi connectivity index (χ0v) is 14.7. The summed E-state index contributed by atoms with van der Waals surface area (Å²) in [6.45, 7) is 0. The number of hydrogen-bond donors (Lipinski definition) is 2. The first-order valence-electron chi connectivity index (χ1n) is 7.98. The van der Waals surface area contributed by atoms with Crippen molar-refractivity contribution < 1.29 is 23.8 Å². The molecule has 2 aromatic carbocycles. The average molecular weight is 367 g/mol. The number of nitrogens with one attached hydrogen (secondary N) is 1. The number of benzene rings is 2. The van der Waals surface area contributed by atoms with Gasteiger partial charge in [-0.1, -0.05) is 12.1 Å². The summed E-state index contributed by atoms with van der Waals surface area (Å²) in [5.41, 5.74) is 0.250. The van der Waals surface area contributed by atoms with E-state index in [9.17, 15) is 14.7 Å². The number of methoxy groups -OCH3 is 2. The van der Waals surface area contributed by atoms with Crippen LogP contribution in [0.3, 0.4) is 0 Å². The Morgan fingerprint density at radius 3 is 2.52 bits per heavy atom. The summed E-state index contributed by atoms with van der Waals surface area (Å²) in [6, 6.07) is 11.4. The number of fused-ring (bicyclic) bond motifs is 1. The van der Waals surface area contributed by atoms with Crippen molar-refractivity contribution in [2.75, 3.05) is 19.5 Å². The quantitative estimate of drug-likeness (QED) is 0.531. The lowest BCUT2D eigenvalue weighted by atomic mass is 10.2. The highest BCUT2D eigenvalue weighted by Gasteiger charge is 2.11. The van der Waals surface area contributed by atoms with Gasteiger partial charge in [-0.2, -0.15) is 0 Å². The van der Waals surface area contributed by atoms with Gasteiger partial charge < -0.3 is 24.3 Å². The Hall–Kier alpha value is -3.74. The molecule has 3 aromatic rings. The summed E-state index contributed by atoms with van der Waals surface area (Å²) in [4.78, 5) is 24.2. The molecular formula is C20H17NO6. The summed E-state index contributed by atoms with van der Waals surface area (Å²) in [5.74, 6) is 0.315. The van der Waals surface area contributed by atoms with Gasteiger partial charge in [0, 0.05) is 17.5 Å². The predicted molar refractivity (Wildman–Crippen MR) is 101 cm³/mol. The highest BCUT2D eigenvalue weighted by atomic mass is 16.5. The van der Waals surface area contributed by atoms with Crippen LogP contribution in [-0.4, -0.2) is 25.2 Å². The van der Waals surface area contributed by atoms with Crippen molar-refractivity contribution in [3.8, 4) is 17.2 Å². The highest BCUT2D eigenvalue weighted by molar-refractivity contribution is 6.02. The van der Waals surface area contributed by atoms with E-state index in [1.165, 1.54) is 31.4 Å². The number of phenolic OH excluding ortho intramolecular Hbond substituents is 1. The van der Waals surface area contributed by atoms with Crippen molar-refractivity contribution in [2.24, 2.45) is 0 Å².